The molecule has 118 valence electrons. The molecule has 3 rings (SSSR count). The Bertz CT molecular complexity index is 665. The van der Waals surface area contributed by atoms with Crippen LogP contribution in [0.4, 0.5) is 0 Å². The second-order valence-electron chi connectivity index (χ2n) is 5.72. The first-order valence-corrected chi connectivity index (χ1v) is 7.77. The molecule has 0 spiro atoms. The minimum absolute atomic E-state index is 0.0252. The maximum absolute atomic E-state index is 12.6. The number of carbonyl (C=O) groups is 1. The Morgan fingerprint density at radius 2 is 2.36 bits per heavy atom. The molecular formula is C17H22N2O3. The van der Waals surface area contributed by atoms with Crippen molar-refractivity contribution in [2.24, 2.45) is 5.92 Å². The van der Waals surface area contributed by atoms with Crippen molar-refractivity contribution < 1.29 is 13.9 Å². The Labute approximate surface area is 130 Å². The van der Waals surface area contributed by atoms with Gasteiger partial charge in [0.1, 0.15) is 0 Å². The van der Waals surface area contributed by atoms with E-state index in [0.717, 1.165) is 31.4 Å². The standard InChI is InChI=1S/C17H22N2O3/c1-3-18-9-11-7-13(19-10-11)16(20)15-8-12-5-4-6-14(21-2)17(12)22-15/h4-6,8,11,13,18-19H,3,7,9-10H2,1-2H3. The molecule has 2 N–H and O–H groups in total. The summed E-state index contributed by atoms with van der Waals surface area (Å²) < 4.78 is 11.0. The van der Waals surface area contributed by atoms with Crippen molar-refractivity contribution in [2.75, 3.05) is 26.7 Å². The van der Waals surface area contributed by atoms with E-state index in [9.17, 15) is 4.79 Å². The Kier molecular flexibility index (Phi) is 4.45. The number of furan rings is 1. The predicted octanol–water partition coefficient (Wildman–Crippen LogP) is 2.21. The Morgan fingerprint density at radius 3 is 3.14 bits per heavy atom. The highest BCUT2D eigenvalue weighted by Gasteiger charge is 2.31. The van der Waals surface area contributed by atoms with E-state index in [2.05, 4.69) is 17.6 Å². The van der Waals surface area contributed by atoms with Crippen molar-refractivity contribution >= 4 is 16.8 Å². The minimum Gasteiger partial charge on any atom is -0.493 e. The molecule has 0 amide bonds. The van der Waals surface area contributed by atoms with Crippen molar-refractivity contribution in [2.45, 2.75) is 19.4 Å². The van der Waals surface area contributed by atoms with Crippen LogP contribution in [0.25, 0.3) is 11.0 Å². The zero-order valence-electron chi connectivity index (χ0n) is 13.0. The van der Waals surface area contributed by atoms with Gasteiger partial charge in [-0.25, -0.2) is 0 Å². The lowest BCUT2D eigenvalue weighted by Crippen LogP contribution is -2.30. The van der Waals surface area contributed by atoms with E-state index in [1.54, 1.807) is 13.2 Å². The number of para-hydroxylation sites is 1. The third kappa shape index (κ3) is 2.87. The van der Waals surface area contributed by atoms with Crippen LogP contribution in [0.3, 0.4) is 0 Å². The third-order valence-corrected chi connectivity index (χ3v) is 4.19. The van der Waals surface area contributed by atoms with Crippen LogP contribution in [0.5, 0.6) is 5.75 Å². The van der Waals surface area contributed by atoms with E-state index in [1.807, 2.05) is 18.2 Å². The molecule has 1 aromatic heterocycles. The zero-order valence-corrected chi connectivity index (χ0v) is 13.0. The molecule has 2 aromatic rings. The van der Waals surface area contributed by atoms with Crippen LogP contribution >= 0.6 is 0 Å². The second kappa shape index (κ2) is 6.50. The second-order valence-corrected chi connectivity index (χ2v) is 5.72. The Morgan fingerprint density at radius 1 is 1.50 bits per heavy atom. The number of benzene rings is 1. The van der Waals surface area contributed by atoms with Gasteiger partial charge in [0.15, 0.2) is 17.1 Å². The van der Waals surface area contributed by atoms with Crippen LogP contribution in [0.2, 0.25) is 0 Å². The summed E-state index contributed by atoms with van der Waals surface area (Å²) in [6, 6.07) is 7.30. The van der Waals surface area contributed by atoms with Gasteiger partial charge >= 0.3 is 0 Å². The average Bonchev–Trinajstić information content (AvgIpc) is 3.18. The number of fused-ring (bicyclic) bond motifs is 1. The fraction of sp³-hybridized carbons (Fsp3) is 0.471. The van der Waals surface area contributed by atoms with Crippen molar-refractivity contribution in [3.05, 3.63) is 30.0 Å². The van der Waals surface area contributed by atoms with Gasteiger partial charge in [-0.05, 0) is 44.1 Å². The van der Waals surface area contributed by atoms with E-state index in [-0.39, 0.29) is 11.8 Å². The lowest BCUT2D eigenvalue weighted by molar-refractivity contribution is 0.0925. The summed E-state index contributed by atoms with van der Waals surface area (Å²) in [6.07, 6.45) is 0.847. The molecule has 2 heterocycles. The molecule has 2 atom stereocenters. The van der Waals surface area contributed by atoms with E-state index in [0.29, 0.717) is 23.0 Å². The van der Waals surface area contributed by atoms with E-state index in [1.165, 1.54) is 0 Å². The van der Waals surface area contributed by atoms with Crippen LogP contribution in [0.1, 0.15) is 23.9 Å². The first-order valence-electron chi connectivity index (χ1n) is 7.77. The highest BCUT2D eigenvalue weighted by molar-refractivity contribution is 6.01. The number of hydrogen-bond acceptors (Lipinski definition) is 5. The smallest absolute Gasteiger partial charge is 0.214 e. The molecule has 1 aliphatic rings. The molecule has 22 heavy (non-hydrogen) atoms. The summed E-state index contributed by atoms with van der Waals surface area (Å²) in [4.78, 5) is 12.6. The normalized spacial score (nSPS) is 21.4. The molecule has 2 unspecified atom stereocenters. The quantitative estimate of drug-likeness (QED) is 0.801. The van der Waals surface area contributed by atoms with Gasteiger partial charge in [0.2, 0.25) is 5.78 Å². The molecule has 0 radical (unpaired) electrons. The first kappa shape index (κ1) is 15.1. The van der Waals surface area contributed by atoms with Gasteiger partial charge in [-0.3, -0.25) is 4.79 Å². The summed E-state index contributed by atoms with van der Waals surface area (Å²) in [7, 11) is 1.60. The molecule has 0 saturated carbocycles. The van der Waals surface area contributed by atoms with Crippen LogP contribution in [-0.4, -0.2) is 38.6 Å². The van der Waals surface area contributed by atoms with Crippen LogP contribution in [-0.2, 0) is 0 Å². The highest BCUT2D eigenvalue weighted by atomic mass is 16.5. The summed E-state index contributed by atoms with van der Waals surface area (Å²) in [5.41, 5.74) is 0.635. The van der Waals surface area contributed by atoms with E-state index < -0.39 is 0 Å². The van der Waals surface area contributed by atoms with Crippen molar-refractivity contribution in [1.82, 2.24) is 10.6 Å². The zero-order chi connectivity index (χ0) is 15.5. The molecule has 1 aliphatic heterocycles. The van der Waals surface area contributed by atoms with Crippen molar-refractivity contribution in [3.63, 3.8) is 0 Å². The third-order valence-electron chi connectivity index (χ3n) is 4.19. The minimum atomic E-state index is -0.157. The number of methoxy groups -OCH3 is 1. The molecular weight excluding hydrogens is 280 g/mol. The van der Waals surface area contributed by atoms with Crippen LogP contribution in [0, 0.1) is 5.92 Å². The van der Waals surface area contributed by atoms with Gasteiger partial charge in [-0.1, -0.05) is 19.1 Å². The number of ketones is 1. The lowest BCUT2D eigenvalue weighted by Gasteiger charge is -2.08. The van der Waals surface area contributed by atoms with Gasteiger partial charge in [-0.2, -0.15) is 0 Å². The number of rotatable bonds is 6. The molecule has 1 fully saturated rings. The molecule has 5 nitrogen and oxygen atoms in total. The van der Waals surface area contributed by atoms with E-state index in [4.69, 9.17) is 9.15 Å². The number of Topliss-reactive ketones (excluding diaryl/α,β-unsaturated/α-hetero) is 1. The maximum Gasteiger partial charge on any atom is 0.214 e. The number of nitrogens with one attached hydrogen (secondary N) is 2. The van der Waals surface area contributed by atoms with Gasteiger partial charge in [0.05, 0.1) is 13.2 Å². The number of carbonyl (C=O) groups excluding carboxylic acids is 1. The first-order chi connectivity index (χ1) is 10.7. The molecule has 1 aromatic carbocycles. The van der Waals surface area contributed by atoms with E-state index >= 15 is 0 Å². The van der Waals surface area contributed by atoms with Gasteiger partial charge in [0, 0.05) is 5.39 Å². The number of hydrogen-bond donors (Lipinski definition) is 2. The van der Waals surface area contributed by atoms with Gasteiger partial charge < -0.3 is 19.8 Å². The number of ether oxygens (including phenoxy) is 1. The van der Waals surface area contributed by atoms with Crippen LogP contribution < -0.4 is 15.4 Å². The summed E-state index contributed by atoms with van der Waals surface area (Å²) in [5, 5.41) is 7.53. The predicted molar refractivity (Wildman–Crippen MR) is 85.5 cm³/mol. The molecule has 0 aliphatic carbocycles. The van der Waals surface area contributed by atoms with Crippen LogP contribution in [0.15, 0.2) is 28.7 Å². The highest BCUT2D eigenvalue weighted by Crippen LogP contribution is 2.29. The average molecular weight is 302 g/mol. The summed E-state index contributed by atoms with van der Waals surface area (Å²) >= 11 is 0. The monoisotopic (exact) mass is 302 g/mol. The maximum atomic E-state index is 12.6. The Balaban J connectivity index is 1.75. The fourth-order valence-electron chi connectivity index (χ4n) is 3.00. The largest absolute Gasteiger partial charge is 0.493 e. The summed E-state index contributed by atoms with van der Waals surface area (Å²) in [6.45, 7) is 4.86. The Hall–Kier alpha value is -1.85. The van der Waals surface area contributed by atoms with Crippen molar-refractivity contribution in [1.29, 1.82) is 0 Å². The van der Waals surface area contributed by atoms with Gasteiger partial charge in [-0.15, -0.1) is 0 Å². The molecule has 1 saturated heterocycles. The fourth-order valence-corrected chi connectivity index (χ4v) is 3.00. The summed E-state index contributed by atoms with van der Waals surface area (Å²) in [5.74, 6) is 1.58. The molecule has 5 heteroatoms. The SMILES string of the molecule is CCNCC1CNC(C(=O)c2cc3cccc(OC)c3o2)C1. The molecule has 0 bridgehead atoms. The topological polar surface area (TPSA) is 63.5 Å². The van der Waals surface area contributed by atoms with Crippen molar-refractivity contribution in [3.8, 4) is 5.75 Å². The van der Waals surface area contributed by atoms with Gasteiger partial charge in [0.25, 0.3) is 0 Å². The lowest BCUT2D eigenvalue weighted by atomic mass is 10.0.